The van der Waals surface area contributed by atoms with E-state index in [1.165, 1.54) is 29.5 Å². The largest absolute Gasteiger partial charge is 0.489 e. The van der Waals surface area contributed by atoms with E-state index in [1.807, 2.05) is 6.07 Å². The molecule has 3 heteroatoms. The number of fused-ring (bicyclic) bond motifs is 5. The summed E-state index contributed by atoms with van der Waals surface area (Å²) < 4.78 is 6.08. The van der Waals surface area contributed by atoms with E-state index in [2.05, 4.69) is 49.4 Å². The molecule has 3 aliphatic carbocycles. The van der Waals surface area contributed by atoms with Crippen molar-refractivity contribution in [2.24, 2.45) is 23.7 Å². The second-order valence-electron chi connectivity index (χ2n) is 9.53. The third-order valence-electron chi connectivity index (χ3n) is 7.82. The minimum Gasteiger partial charge on any atom is -0.489 e. The van der Waals surface area contributed by atoms with Gasteiger partial charge in [-0.15, -0.1) is 11.6 Å². The van der Waals surface area contributed by atoms with E-state index in [9.17, 15) is 5.11 Å². The van der Waals surface area contributed by atoms with Crippen LogP contribution in [-0.4, -0.2) is 16.6 Å². The average molecular weight is 411 g/mol. The van der Waals surface area contributed by atoms with E-state index in [0.717, 1.165) is 25.0 Å². The van der Waals surface area contributed by atoms with Gasteiger partial charge in [0.15, 0.2) is 0 Å². The third kappa shape index (κ3) is 3.70. The molecule has 2 aromatic carbocycles. The molecule has 2 aromatic rings. The van der Waals surface area contributed by atoms with Gasteiger partial charge in [0.2, 0.25) is 0 Å². The maximum Gasteiger partial charge on any atom is 0.120 e. The molecule has 2 saturated carbocycles. The molecule has 29 heavy (non-hydrogen) atoms. The first-order valence-electron chi connectivity index (χ1n) is 11.2. The summed E-state index contributed by atoms with van der Waals surface area (Å²) in [4.78, 5) is 0. The van der Waals surface area contributed by atoms with E-state index in [4.69, 9.17) is 16.3 Å². The molecule has 0 spiro atoms. The SMILES string of the molecule is C[C@@H]1C[C@@H]2c3ccc(OCc4ccccc4)cc3CC[C@H]2[C@@H]2C[C@H](Cl)C[C@H](O)C12. The molecule has 0 saturated heterocycles. The fraction of sp³-hybridized carbons (Fsp3) is 0.538. The second kappa shape index (κ2) is 7.96. The van der Waals surface area contributed by atoms with Gasteiger partial charge < -0.3 is 9.84 Å². The zero-order valence-electron chi connectivity index (χ0n) is 17.1. The minimum atomic E-state index is -0.220. The van der Waals surface area contributed by atoms with Crippen molar-refractivity contribution >= 4 is 11.6 Å². The highest BCUT2D eigenvalue weighted by Crippen LogP contribution is 2.56. The van der Waals surface area contributed by atoms with Gasteiger partial charge in [-0.2, -0.15) is 0 Å². The lowest BCUT2D eigenvalue weighted by molar-refractivity contribution is -0.0547. The Hall–Kier alpha value is -1.51. The van der Waals surface area contributed by atoms with Crippen molar-refractivity contribution in [1.29, 1.82) is 0 Å². The van der Waals surface area contributed by atoms with Crippen LogP contribution in [0.3, 0.4) is 0 Å². The van der Waals surface area contributed by atoms with Crippen LogP contribution in [0.15, 0.2) is 48.5 Å². The number of halogens is 1. The number of aliphatic hydroxyl groups is 1. The van der Waals surface area contributed by atoms with Crippen molar-refractivity contribution in [2.75, 3.05) is 0 Å². The van der Waals surface area contributed by atoms with Gasteiger partial charge in [-0.3, -0.25) is 0 Å². The molecule has 0 aliphatic heterocycles. The van der Waals surface area contributed by atoms with Crippen LogP contribution < -0.4 is 4.74 Å². The predicted molar refractivity (Wildman–Crippen MR) is 117 cm³/mol. The van der Waals surface area contributed by atoms with Crippen molar-refractivity contribution in [3.8, 4) is 5.75 Å². The van der Waals surface area contributed by atoms with Crippen molar-refractivity contribution < 1.29 is 9.84 Å². The maximum atomic E-state index is 10.7. The Bertz CT molecular complexity index is 851. The Morgan fingerprint density at radius 3 is 2.69 bits per heavy atom. The molecular weight excluding hydrogens is 380 g/mol. The van der Waals surface area contributed by atoms with Crippen molar-refractivity contribution in [3.05, 3.63) is 65.2 Å². The number of benzene rings is 2. The smallest absolute Gasteiger partial charge is 0.120 e. The molecule has 0 amide bonds. The third-order valence-corrected chi connectivity index (χ3v) is 8.18. The first-order chi connectivity index (χ1) is 14.1. The summed E-state index contributed by atoms with van der Waals surface area (Å²) in [6.07, 6.45) is 5.13. The Morgan fingerprint density at radius 2 is 1.86 bits per heavy atom. The highest BCUT2D eigenvalue weighted by atomic mass is 35.5. The highest BCUT2D eigenvalue weighted by Gasteiger charge is 2.50. The summed E-state index contributed by atoms with van der Waals surface area (Å²) in [6.45, 7) is 2.96. The molecule has 5 rings (SSSR count). The fourth-order valence-corrected chi connectivity index (χ4v) is 7.02. The summed E-state index contributed by atoms with van der Waals surface area (Å²) >= 11 is 6.54. The predicted octanol–water partition coefficient (Wildman–Crippen LogP) is 5.95. The van der Waals surface area contributed by atoms with Crippen molar-refractivity contribution in [2.45, 2.75) is 63.0 Å². The molecule has 0 radical (unpaired) electrons. The molecule has 1 unspecified atom stereocenters. The van der Waals surface area contributed by atoms with E-state index in [1.54, 1.807) is 0 Å². The highest BCUT2D eigenvalue weighted by molar-refractivity contribution is 6.20. The van der Waals surface area contributed by atoms with E-state index >= 15 is 0 Å². The molecule has 7 atom stereocenters. The molecule has 154 valence electrons. The minimum absolute atomic E-state index is 0.132. The van der Waals surface area contributed by atoms with Gasteiger partial charge in [-0.1, -0.05) is 43.3 Å². The number of rotatable bonds is 3. The van der Waals surface area contributed by atoms with Gasteiger partial charge in [0.1, 0.15) is 12.4 Å². The zero-order chi connectivity index (χ0) is 20.0. The normalized spacial score (nSPS) is 35.9. The Labute approximate surface area is 179 Å². The van der Waals surface area contributed by atoms with Crippen molar-refractivity contribution in [3.63, 3.8) is 0 Å². The quantitative estimate of drug-likeness (QED) is 0.634. The van der Waals surface area contributed by atoms with Gasteiger partial charge in [0.05, 0.1) is 6.10 Å². The lowest BCUT2D eigenvalue weighted by Gasteiger charge is -2.53. The average Bonchev–Trinajstić information content (AvgIpc) is 2.72. The number of aryl methyl sites for hydroxylation is 1. The molecule has 2 nitrogen and oxygen atoms in total. The molecule has 1 N–H and O–H groups in total. The fourth-order valence-electron chi connectivity index (χ4n) is 6.63. The van der Waals surface area contributed by atoms with Crippen LogP contribution in [0.2, 0.25) is 0 Å². The lowest BCUT2D eigenvalue weighted by Crippen LogP contribution is -2.49. The van der Waals surface area contributed by atoms with Gasteiger partial charge in [-0.25, -0.2) is 0 Å². The van der Waals surface area contributed by atoms with Crippen LogP contribution >= 0.6 is 11.6 Å². The Kier molecular flexibility index (Phi) is 5.34. The number of ether oxygens (including phenoxy) is 1. The molecule has 0 aromatic heterocycles. The van der Waals surface area contributed by atoms with Crippen LogP contribution in [0.1, 0.15) is 55.2 Å². The van der Waals surface area contributed by atoms with Gasteiger partial charge in [0.25, 0.3) is 0 Å². The first-order valence-corrected chi connectivity index (χ1v) is 11.7. The van der Waals surface area contributed by atoms with Crippen LogP contribution in [-0.2, 0) is 13.0 Å². The Balaban J connectivity index is 1.36. The molecule has 0 heterocycles. The number of hydrogen-bond acceptors (Lipinski definition) is 2. The number of alkyl halides is 1. The lowest BCUT2D eigenvalue weighted by atomic mass is 9.53. The molecular formula is C26H31ClO2. The summed E-state index contributed by atoms with van der Waals surface area (Å²) in [6, 6.07) is 17.1. The van der Waals surface area contributed by atoms with E-state index in [-0.39, 0.29) is 11.5 Å². The number of hydrogen-bond donors (Lipinski definition) is 1. The topological polar surface area (TPSA) is 29.5 Å². The van der Waals surface area contributed by atoms with Crippen molar-refractivity contribution in [1.82, 2.24) is 0 Å². The summed E-state index contributed by atoms with van der Waals surface area (Å²) in [5, 5.41) is 10.9. The monoisotopic (exact) mass is 410 g/mol. The second-order valence-corrected chi connectivity index (χ2v) is 10.2. The van der Waals surface area contributed by atoms with Crippen LogP contribution in [0, 0.1) is 23.7 Å². The standard InChI is InChI=1S/C26H31ClO2/c1-16-11-23-21-10-8-20(29-15-17-5-3-2-4-6-17)12-18(21)7-9-22(23)24-13-19(27)14-25(28)26(16)24/h2-6,8,10,12,16,19,22-26,28H,7,9,11,13-15H2,1H3/t16-,19+,22-,23-,24+,25+,26?/m1/s1. The summed E-state index contributed by atoms with van der Waals surface area (Å²) in [5.74, 6) is 3.80. The van der Waals surface area contributed by atoms with Crippen LogP contribution in [0.4, 0.5) is 0 Å². The first kappa shape index (κ1) is 19.5. The Morgan fingerprint density at radius 1 is 1.03 bits per heavy atom. The van der Waals surface area contributed by atoms with Gasteiger partial charge >= 0.3 is 0 Å². The molecule has 2 fully saturated rings. The van der Waals surface area contributed by atoms with Crippen LogP contribution in [0.5, 0.6) is 5.75 Å². The summed E-state index contributed by atoms with van der Waals surface area (Å²) in [7, 11) is 0. The zero-order valence-corrected chi connectivity index (χ0v) is 17.9. The van der Waals surface area contributed by atoms with E-state index in [0.29, 0.717) is 36.2 Å². The van der Waals surface area contributed by atoms with Gasteiger partial charge in [-0.05, 0) is 90.5 Å². The van der Waals surface area contributed by atoms with Gasteiger partial charge in [0, 0.05) is 5.38 Å². The molecule has 0 bridgehead atoms. The maximum absolute atomic E-state index is 10.7. The number of aliphatic hydroxyl groups excluding tert-OH is 1. The summed E-state index contributed by atoms with van der Waals surface area (Å²) in [5.41, 5.74) is 4.18. The van der Waals surface area contributed by atoms with Crippen LogP contribution in [0.25, 0.3) is 0 Å². The molecule has 3 aliphatic rings. The van der Waals surface area contributed by atoms with E-state index < -0.39 is 0 Å².